The number of methoxy groups -OCH3 is 1. The largest absolute Gasteiger partial charge is 0.493 e. The quantitative estimate of drug-likeness (QED) is 0.156. The zero-order valence-electron chi connectivity index (χ0n) is 21.4. The van der Waals surface area contributed by atoms with E-state index in [0.29, 0.717) is 42.7 Å². The van der Waals surface area contributed by atoms with Crippen LogP contribution in [0.2, 0.25) is 10.0 Å². The third-order valence-electron chi connectivity index (χ3n) is 5.76. The van der Waals surface area contributed by atoms with Crippen LogP contribution in [0.1, 0.15) is 11.1 Å². The van der Waals surface area contributed by atoms with Gasteiger partial charge in [0.2, 0.25) is 10.0 Å². The van der Waals surface area contributed by atoms with Crippen molar-refractivity contribution in [2.24, 2.45) is 5.10 Å². The number of hydrogen-bond donors (Lipinski definition) is 1. The molecule has 0 heterocycles. The number of ether oxygens (including phenoxy) is 2. The van der Waals surface area contributed by atoms with Crippen molar-refractivity contribution in [2.45, 2.75) is 6.61 Å². The summed E-state index contributed by atoms with van der Waals surface area (Å²) < 4.78 is 38.2. The van der Waals surface area contributed by atoms with Gasteiger partial charge in [0.1, 0.15) is 13.2 Å². The lowest BCUT2D eigenvalue weighted by Crippen LogP contribution is -2.39. The van der Waals surface area contributed by atoms with E-state index in [1.807, 2.05) is 30.3 Å². The van der Waals surface area contributed by atoms with Gasteiger partial charge in [0, 0.05) is 21.0 Å². The van der Waals surface area contributed by atoms with Gasteiger partial charge in [-0.1, -0.05) is 65.7 Å². The van der Waals surface area contributed by atoms with Gasteiger partial charge >= 0.3 is 0 Å². The molecule has 0 aromatic heterocycles. The van der Waals surface area contributed by atoms with Crippen LogP contribution >= 0.6 is 39.1 Å². The van der Waals surface area contributed by atoms with Crippen molar-refractivity contribution < 1.29 is 22.7 Å². The number of fused-ring (bicyclic) bond motifs is 1. The fourth-order valence-corrected chi connectivity index (χ4v) is 5.80. The summed E-state index contributed by atoms with van der Waals surface area (Å²) in [6.07, 6.45) is 2.47. The fourth-order valence-electron chi connectivity index (χ4n) is 3.89. The van der Waals surface area contributed by atoms with Crippen molar-refractivity contribution in [3.05, 3.63) is 98.4 Å². The molecule has 1 N–H and O–H groups in total. The molecule has 0 aliphatic heterocycles. The molecule has 4 rings (SSSR count). The molecular formula is C28H24BrCl2N3O5S. The summed E-state index contributed by atoms with van der Waals surface area (Å²) in [4.78, 5) is 12.7. The van der Waals surface area contributed by atoms with Gasteiger partial charge in [0.05, 0.1) is 29.7 Å². The van der Waals surface area contributed by atoms with E-state index in [0.717, 1.165) is 21.5 Å². The number of anilines is 1. The molecule has 0 bridgehead atoms. The lowest BCUT2D eigenvalue weighted by Gasteiger charge is -2.23. The summed E-state index contributed by atoms with van der Waals surface area (Å²) in [5.74, 6) is 0.264. The summed E-state index contributed by atoms with van der Waals surface area (Å²) >= 11 is 15.7. The number of amides is 1. The van der Waals surface area contributed by atoms with E-state index in [1.54, 1.807) is 42.5 Å². The van der Waals surface area contributed by atoms with Gasteiger partial charge in [-0.3, -0.25) is 9.10 Å². The van der Waals surface area contributed by atoms with E-state index in [-0.39, 0.29) is 6.61 Å². The lowest BCUT2D eigenvalue weighted by atomic mass is 10.1. The third kappa shape index (κ3) is 7.25. The van der Waals surface area contributed by atoms with E-state index in [2.05, 4.69) is 26.5 Å². The Labute approximate surface area is 250 Å². The van der Waals surface area contributed by atoms with Gasteiger partial charge in [0.15, 0.2) is 11.5 Å². The first-order valence-electron chi connectivity index (χ1n) is 11.8. The number of benzene rings is 4. The Bertz CT molecular complexity index is 1690. The summed E-state index contributed by atoms with van der Waals surface area (Å²) in [7, 11) is -2.26. The first-order valence-corrected chi connectivity index (χ1v) is 15.2. The zero-order chi connectivity index (χ0) is 28.9. The Morgan fingerprint density at radius 1 is 1.07 bits per heavy atom. The minimum Gasteiger partial charge on any atom is -0.493 e. The minimum atomic E-state index is -3.76. The van der Waals surface area contributed by atoms with E-state index < -0.39 is 22.5 Å². The van der Waals surface area contributed by atoms with Gasteiger partial charge in [0.25, 0.3) is 5.91 Å². The maximum absolute atomic E-state index is 12.7. The number of halogens is 3. The number of hydrazone groups is 1. The second kappa shape index (κ2) is 12.9. The first-order chi connectivity index (χ1) is 19.1. The van der Waals surface area contributed by atoms with Gasteiger partial charge in [-0.15, -0.1) is 0 Å². The van der Waals surface area contributed by atoms with Crippen molar-refractivity contribution in [3.8, 4) is 11.5 Å². The van der Waals surface area contributed by atoms with E-state index >= 15 is 0 Å². The highest BCUT2D eigenvalue weighted by Crippen LogP contribution is 2.37. The molecule has 208 valence electrons. The van der Waals surface area contributed by atoms with Crippen LogP contribution in [0.15, 0.2) is 82.4 Å². The molecule has 8 nitrogen and oxygen atoms in total. The molecule has 12 heteroatoms. The SMILES string of the molecule is COc1cc(/C=N\NC(=O)CN(c2cccc3ccccc23)S(C)(=O)=O)cc(Br)c1OCc1ccc(Cl)cc1Cl. The molecular weight excluding hydrogens is 641 g/mol. The van der Waals surface area contributed by atoms with E-state index in [4.69, 9.17) is 32.7 Å². The normalized spacial score (nSPS) is 11.5. The van der Waals surface area contributed by atoms with Crippen LogP contribution in [0, 0.1) is 0 Å². The zero-order valence-corrected chi connectivity index (χ0v) is 25.3. The Kier molecular flexibility index (Phi) is 9.57. The van der Waals surface area contributed by atoms with Crippen LogP contribution in [-0.2, 0) is 21.4 Å². The highest BCUT2D eigenvalue weighted by Gasteiger charge is 2.22. The predicted octanol–water partition coefficient (Wildman–Crippen LogP) is 6.41. The summed E-state index contributed by atoms with van der Waals surface area (Å²) in [6.45, 7) is -0.265. The minimum absolute atomic E-state index is 0.183. The van der Waals surface area contributed by atoms with Crippen LogP contribution in [0.5, 0.6) is 11.5 Å². The molecule has 40 heavy (non-hydrogen) atoms. The van der Waals surface area contributed by atoms with Crippen LogP contribution in [-0.4, -0.2) is 40.4 Å². The summed E-state index contributed by atoms with van der Waals surface area (Å²) in [5.41, 5.74) is 4.14. The van der Waals surface area contributed by atoms with Gasteiger partial charge < -0.3 is 9.47 Å². The van der Waals surface area contributed by atoms with Crippen molar-refractivity contribution in [1.82, 2.24) is 5.43 Å². The van der Waals surface area contributed by atoms with Crippen LogP contribution in [0.3, 0.4) is 0 Å². The molecule has 0 fully saturated rings. The second-order valence-corrected chi connectivity index (χ2v) is 12.2. The van der Waals surface area contributed by atoms with Crippen LogP contribution < -0.4 is 19.2 Å². The number of nitrogens with one attached hydrogen (secondary N) is 1. The highest BCUT2D eigenvalue weighted by atomic mass is 79.9. The molecule has 0 spiro atoms. The standard InChI is InChI=1S/C28H24BrCl2N3O5S/c1-38-26-13-18(12-23(29)28(26)39-17-20-10-11-21(30)14-24(20)31)15-32-33-27(35)16-34(40(2,36)37)25-9-5-7-19-6-3-4-8-22(19)25/h3-15H,16-17H2,1-2H3,(H,33,35)/b32-15-. The molecule has 0 saturated carbocycles. The molecule has 0 radical (unpaired) electrons. The topological polar surface area (TPSA) is 97.3 Å². The molecule has 0 atom stereocenters. The van der Waals surface area contributed by atoms with Crippen molar-refractivity contribution >= 4 is 77.7 Å². The third-order valence-corrected chi connectivity index (χ3v) is 8.07. The van der Waals surface area contributed by atoms with E-state index in [9.17, 15) is 13.2 Å². The average molecular weight is 665 g/mol. The molecule has 4 aromatic carbocycles. The molecule has 0 aliphatic carbocycles. The first kappa shape index (κ1) is 29.7. The fraction of sp³-hybridized carbons (Fsp3) is 0.143. The number of sulfonamides is 1. The number of rotatable bonds is 10. The summed E-state index contributed by atoms with van der Waals surface area (Å²) in [6, 6.07) is 21.2. The number of carbonyl (C=O) groups excluding carboxylic acids is 1. The smallest absolute Gasteiger partial charge is 0.260 e. The van der Waals surface area contributed by atoms with Gasteiger partial charge in [-0.05, 0) is 57.2 Å². The Balaban J connectivity index is 1.46. The monoisotopic (exact) mass is 663 g/mol. The number of carbonyl (C=O) groups is 1. The second-order valence-electron chi connectivity index (χ2n) is 8.62. The Hall–Kier alpha value is -3.31. The van der Waals surface area contributed by atoms with Crippen molar-refractivity contribution in [3.63, 3.8) is 0 Å². The van der Waals surface area contributed by atoms with Gasteiger partial charge in [-0.2, -0.15) is 5.10 Å². The maximum atomic E-state index is 12.7. The molecule has 0 saturated heterocycles. The molecule has 1 amide bonds. The molecule has 0 unspecified atom stereocenters. The predicted molar refractivity (Wildman–Crippen MR) is 163 cm³/mol. The molecule has 0 aliphatic rings. The Morgan fingerprint density at radius 2 is 1.82 bits per heavy atom. The highest BCUT2D eigenvalue weighted by molar-refractivity contribution is 9.10. The maximum Gasteiger partial charge on any atom is 0.260 e. The summed E-state index contributed by atoms with van der Waals surface area (Å²) in [5, 5.41) is 6.58. The van der Waals surface area contributed by atoms with Crippen molar-refractivity contribution in [2.75, 3.05) is 24.2 Å². The van der Waals surface area contributed by atoms with Gasteiger partial charge in [-0.25, -0.2) is 13.8 Å². The average Bonchev–Trinajstić information content (AvgIpc) is 2.91. The number of nitrogens with zero attached hydrogens (tertiary/aromatic N) is 2. The van der Waals surface area contributed by atoms with Crippen molar-refractivity contribution in [1.29, 1.82) is 0 Å². The van der Waals surface area contributed by atoms with E-state index in [1.165, 1.54) is 13.3 Å². The van der Waals surface area contributed by atoms with Crippen LogP contribution in [0.25, 0.3) is 10.8 Å². The Morgan fingerprint density at radius 3 is 2.55 bits per heavy atom. The number of hydrogen-bond acceptors (Lipinski definition) is 6. The molecule has 4 aromatic rings. The lowest BCUT2D eigenvalue weighted by molar-refractivity contribution is -0.119. The van der Waals surface area contributed by atoms with Crippen LogP contribution in [0.4, 0.5) is 5.69 Å².